The molecule has 0 bridgehead atoms. The van der Waals surface area contributed by atoms with E-state index >= 15 is 0 Å². The molecule has 19 heavy (non-hydrogen) atoms. The number of hydrogen-bond donors (Lipinski definition) is 1. The lowest BCUT2D eigenvalue weighted by atomic mass is 10.0. The third-order valence-electron chi connectivity index (χ3n) is 3.70. The zero-order chi connectivity index (χ0) is 13.8. The highest BCUT2D eigenvalue weighted by molar-refractivity contribution is 5.92. The monoisotopic (exact) mass is 263 g/mol. The Balaban J connectivity index is 2.01. The van der Waals surface area contributed by atoms with E-state index in [1.165, 1.54) is 0 Å². The Morgan fingerprint density at radius 2 is 2.05 bits per heavy atom. The first-order chi connectivity index (χ1) is 9.11. The van der Waals surface area contributed by atoms with Crippen LogP contribution in [0.15, 0.2) is 12.1 Å². The average molecular weight is 263 g/mol. The Hall–Kier alpha value is -1.69. The molecule has 0 spiro atoms. The lowest BCUT2D eigenvalue weighted by Gasteiger charge is -2.34. The first-order valence-electron chi connectivity index (χ1n) is 6.59. The van der Waals surface area contributed by atoms with Gasteiger partial charge in [0.2, 0.25) is 0 Å². The van der Waals surface area contributed by atoms with Crippen LogP contribution in [0, 0.1) is 0 Å². The minimum absolute atomic E-state index is 0.0512. The maximum atomic E-state index is 12.3. The summed E-state index contributed by atoms with van der Waals surface area (Å²) in [4.78, 5) is 16.4. The van der Waals surface area contributed by atoms with Crippen LogP contribution in [0.25, 0.3) is 0 Å². The number of anilines is 1. The van der Waals surface area contributed by atoms with E-state index in [0.717, 1.165) is 25.9 Å². The van der Waals surface area contributed by atoms with Gasteiger partial charge in [-0.15, -0.1) is 10.2 Å². The number of carbonyl (C=O) groups is 1. The fourth-order valence-corrected chi connectivity index (χ4v) is 2.31. The summed E-state index contributed by atoms with van der Waals surface area (Å²) < 4.78 is 0. The van der Waals surface area contributed by atoms with Crippen LogP contribution in [0.5, 0.6) is 0 Å². The number of nitrogens with one attached hydrogen (secondary N) is 1. The van der Waals surface area contributed by atoms with Gasteiger partial charge < -0.3 is 15.1 Å². The number of carbonyl (C=O) groups excluding carboxylic acids is 1. The van der Waals surface area contributed by atoms with E-state index < -0.39 is 0 Å². The quantitative estimate of drug-likeness (QED) is 0.869. The lowest BCUT2D eigenvalue weighted by molar-refractivity contribution is 0.0652. The molecule has 104 valence electrons. The van der Waals surface area contributed by atoms with Gasteiger partial charge >= 0.3 is 0 Å². The highest BCUT2D eigenvalue weighted by Crippen LogP contribution is 2.16. The second kappa shape index (κ2) is 5.97. The summed E-state index contributed by atoms with van der Waals surface area (Å²) in [5.41, 5.74) is 0.403. The summed E-state index contributed by atoms with van der Waals surface area (Å²) in [6, 6.07) is 3.78. The van der Waals surface area contributed by atoms with Gasteiger partial charge in [-0.1, -0.05) is 0 Å². The molecule has 0 atom stereocenters. The molecule has 1 fully saturated rings. The van der Waals surface area contributed by atoms with Gasteiger partial charge in [0.1, 0.15) is 5.82 Å². The Morgan fingerprint density at radius 3 is 2.58 bits per heavy atom. The third-order valence-corrected chi connectivity index (χ3v) is 3.70. The average Bonchev–Trinajstić information content (AvgIpc) is 2.46. The Morgan fingerprint density at radius 1 is 1.37 bits per heavy atom. The van der Waals surface area contributed by atoms with Crippen LogP contribution >= 0.6 is 0 Å². The van der Waals surface area contributed by atoms with Gasteiger partial charge in [-0.3, -0.25) is 4.79 Å². The zero-order valence-electron chi connectivity index (χ0n) is 11.8. The summed E-state index contributed by atoms with van der Waals surface area (Å²) in [6.07, 6.45) is 2.03. The van der Waals surface area contributed by atoms with E-state index in [1.807, 2.05) is 7.05 Å². The van der Waals surface area contributed by atoms with E-state index in [1.54, 1.807) is 24.1 Å². The molecule has 0 aliphatic carbocycles. The number of hydrogen-bond acceptors (Lipinski definition) is 5. The molecule has 0 radical (unpaired) electrons. The van der Waals surface area contributed by atoms with Crippen LogP contribution in [0.1, 0.15) is 23.3 Å². The van der Waals surface area contributed by atoms with Crippen molar-refractivity contribution >= 4 is 11.7 Å². The van der Waals surface area contributed by atoms with E-state index in [4.69, 9.17) is 0 Å². The van der Waals surface area contributed by atoms with Crippen molar-refractivity contribution in [2.75, 3.05) is 39.5 Å². The fourth-order valence-electron chi connectivity index (χ4n) is 2.31. The number of amides is 1. The Kier molecular flexibility index (Phi) is 4.31. The van der Waals surface area contributed by atoms with Gasteiger partial charge in [-0.05, 0) is 45.1 Å². The number of aromatic nitrogens is 2. The van der Waals surface area contributed by atoms with Crippen molar-refractivity contribution in [1.82, 2.24) is 20.0 Å². The highest BCUT2D eigenvalue weighted by Gasteiger charge is 2.25. The van der Waals surface area contributed by atoms with Gasteiger partial charge in [-0.2, -0.15) is 0 Å². The van der Waals surface area contributed by atoms with Gasteiger partial charge in [0.05, 0.1) is 0 Å². The van der Waals surface area contributed by atoms with Gasteiger partial charge in [0.25, 0.3) is 5.91 Å². The van der Waals surface area contributed by atoms with Crippen molar-refractivity contribution in [1.29, 1.82) is 0 Å². The number of nitrogens with zero attached hydrogens (tertiary/aromatic N) is 4. The summed E-state index contributed by atoms with van der Waals surface area (Å²) in [7, 11) is 5.74. The van der Waals surface area contributed by atoms with Crippen molar-refractivity contribution in [3.05, 3.63) is 17.8 Å². The van der Waals surface area contributed by atoms with Crippen molar-refractivity contribution in [3.8, 4) is 0 Å². The maximum Gasteiger partial charge on any atom is 0.274 e. The summed E-state index contributed by atoms with van der Waals surface area (Å²) in [5.74, 6) is 0.614. The van der Waals surface area contributed by atoms with Gasteiger partial charge in [0, 0.05) is 20.1 Å². The van der Waals surface area contributed by atoms with Gasteiger partial charge in [0.15, 0.2) is 5.69 Å². The van der Waals surface area contributed by atoms with Crippen molar-refractivity contribution in [3.63, 3.8) is 0 Å². The molecule has 2 rings (SSSR count). The predicted octanol–water partition coefficient (Wildman–Crippen LogP) is 0.684. The largest absolute Gasteiger partial charge is 0.372 e. The molecule has 1 aromatic heterocycles. The molecule has 2 heterocycles. The normalized spacial score (nSPS) is 17.2. The first-order valence-corrected chi connectivity index (χ1v) is 6.59. The molecule has 0 aromatic carbocycles. The predicted molar refractivity (Wildman–Crippen MR) is 74.2 cm³/mol. The summed E-state index contributed by atoms with van der Waals surface area (Å²) in [6.45, 7) is 2.07. The Labute approximate surface area is 113 Å². The summed E-state index contributed by atoms with van der Waals surface area (Å²) >= 11 is 0. The fraction of sp³-hybridized carbons (Fsp3) is 0.615. The number of likely N-dealkylation sites (tertiary alicyclic amines) is 1. The summed E-state index contributed by atoms with van der Waals surface area (Å²) in [5, 5.41) is 10.8. The smallest absolute Gasteiger partial charge is 0.274 e. The zero-order valence-corrected chi connectivity index (χ0v) is 11.8. The minimum Gasteiger partial charge on any atom is -0.372 e. The Bertz CT molecular complexity index is 425. The second-order valence-electron chi connectivity index (χ2n) is 5.00. The van der Waals surface area contributed by atoms with E-state index in [0.29, 0.717) is 17.6 Å². The van der Waals surface area contributed by atoms with Crippen molar-refractivity contribution in [2.45, 2.75) is 18.9 Å². The first kappa shape index (κ1) is 13.7. The molecular formula is C13H21N5O. The van der Waals surface area contributed by atoms with Crippen molar-refractivity contribution in [2.24, 2.45) is 0 Å². The molecule has 1 amide bonds. The SMILES string of the molecule is CNc1ccc(C(=O)N(C)C2CCN(C)CC2)nn1. The highest BCUT2D eigenvalue weighted by atomic mass is 16.2. The number of rotatable bonds is 3. The van der Waals surface area contributed by atoms with Crippen LogP contribution in [0.3, 0.4) is 0 Å². The van der Waals surface area contributed by atoms with Crippen LogP contribution < -0.4 is 5.32 Å². The third kappa shape index (κ3) is 3.20. The van der Waals surface area contributed by atoms with Crippen LogP contribution in [0.2, 0.25) is 0 Å². The molecule has 1 N–H and O–H groups in total. The lowest BCUT2D eigenvalue weighted by Crippen LogP contribution is -2.44. The van der Waals surface area contributed by atoms with E-state index in [9.17, 15) is 4.79 Å². The van der Waals surface area contributed by atoms with E-state index in [2.05, 4.69) is 27.5 Å². The maximum absolute atomic E-state index is 12.3. The van der Waals surface area contributed by atoms with E-state index in [-0.39, 0.29) is 5.91 Å². The molecule has 1 aliphatic rings. The molecular weight excluding hydrogens is 242 g/mol. The standard InChI is InChI=1S/C13H21N5O/c1-14-12-5-4-11(15-16-12)13(19)18(3)10-6-8-17(2)9-7-10/h4-5,10H,6-9H2,1-3H3,(H,14,16). The molecule has 0 saturated carbocycles. The van der Waals surface area contributed by atoms with Gasteiger partial charge in [-0.25, -0.2) is 0 Å². The van der Waals surface area contributed by atoms with Crippen LogP contribution in [-0.4, -0.2) is 66.2 Å². The molecule has 1 saturated heterocycles. The number of piperidine rings is 1. The molecule has 1 aliphatic heterocycles. The van der Waals surface area contributed by atoms with Crippen molar-refractivity contribution < 1.29 is 4.79 Å². The van der Waals surface area contributed by atoms with Crippen LogP contribution in [-0.2, 0) is 0 Å². The molecule has 0 unspecified atom stereocenters. The van der Waals surface area contributed by atoms with Crippen LogP contribution in [0.4, 0.5) is 5.82 Å². The molecule has 6 heteroatoms. The minimum atomic E-state index is -0.0512. The molecule has 6 nitrogen and oxygen atoms in total. The molecule has 1 aromatic rings. The second-order valence-corrected chi connectivity index (χ2v) is 5.00. The topological polar surface area (TPSA) is 61.4 Å².